The Morgan fingerprint density at radius 3 is 2.50 bits per heavy atom. The van der Waals surface area contributed by atoms with Crippen LogP contribution in [0.3, 0.4) is 0 Å². The topological polar surface area (TPSA) is 111 Å². The van der Waals surface area contributed by atoms with Crippen molar-refractivity contribution in [3.8, 4) is 0 Å². The van der Waals surface area contributed by atoms with Gasteiger partial charge < -0.3 is 15.6 Å². The Labute approximate surface area is 149 Å². The van der Waals surface area contributed by atoms with E-state index >= 15 is 0 Å². The third-order valence-corrected chi connectivity index (χ3v) is 4.94. The fourth-order valence-corrected chi connectivity index (χ4v) is 3.40. The van der Waals surface area contributed by atoms with Crippen LogP contribution in [0.5, 0.6) is 0 Å². The van der Waals surface area contributed by atoms with Crippen molar-refractivity contribution in [1.82, 2.24) is 4.57 Å². The summed E-state index contributed by atoms with van der Waals surface area (Å²) in [6.45, 7) is 3.25. The number of aromatic nitrogens is 1. The van der Waals surface area contributed by atoms with Gasteiger partial charge in [-0.15, -0.1) is 0 Å². The largest absolute Gasteiger partial charge is 0.365 e. The molecule has 0 unspecified atom stereocenters. The van der Waals surface area contributed by atoms with Crippen molar-refractivity contribution in [2.45, 2.75) is 26.7 Å². The molecule has 3 rings (SSSR count). The number of pyridine rings is 1. The first-order valence-electron chi connectivity index (χ1n) is 8.20. The van der Waals surface area contributed by atoms with Gasteiger partial charge in [-0.1, -0.05) is 12.1 Å². The number of carbonyl (C=O) groups is 3. The predicted octanol–water partition coefficient (Wildman–Crippen LogP) is 1.48. The number of primary amides is 1. The van der Waals surface area contributed by atoms with E-state index < -0.39 is 17.4 Å². The van der Waals surface area contributed by atoms with Crippen LogP contribution in [-0.2, 0) is 13.5 Å². The fourth-order valence-electron chi connectivity index (χ4n) is 3.40. The average molecular weight is 353 g/mol. The van der Waals surface area contributed by atoms with Gasteiger partial charge >= 0.3 is 0 Å². The van der Waals surface area contributed by atoms with E-state index in [9.17, 15) is 19.2 Å². The normalized spacial score (nSPS) is 12.8. The molecule has 0 spiro atoms. The molecule has 1 aromatic heterocycles. The lowest BCUT2D eigenvalue weighted by atomic mass is 10.0. The maximum absolute atomic E-state index is 12.8. The third-order valence-electron chi connectivity index (χ3n) is 4.94. The minimum absolute atomic E-state index is 0.0279. The van der Waals surface area contributed by atoms with E-state index in [1.807, 2.05) is 0 Å². The van der Waals surface area contributed by atoms with E-state index in [4.69, 9.17) is 5.73 Å². The Morgan fingerprint density at radius 2 is 1.85 bits per heavy atom. The molecule has 7 nitrogen and oxygen atoms in total. The van der Waals surface area contributed by atoms with Crippen LogP contribution >= 0.6 is 0 Å². The molecular formula is C19H19N3O4. The summed E-state index contributed by atoms with van der Waals surface area (Å²) in [6, 6.07) is 5.05. The van der Waals surface area contributed by atoms with Crippen LogP contribution in [0.25, 0.3) is 0 Å². The van der Waals surface area contributed by atoms with Crippen molar-refractivity contribution < 1.29 is 14.4 Å². The first-order chi connectivity index (χ1) is 12.2. The molecule has 0 radical (unpaired) electrons. The number of nitrogens with two attached hydrogens (primary N) is 1. The van der Waals surface area contributed by atoms with Crippen molar-refractivity contribution >= 4 is 23.3 Å². The number of nitrogens with one attached hydrogen (secondary N) is 1. The van der Waals surface area contributed by atoms with E-state index in [-0.39, 0.29) is 11.3 Å². The number of anilines is 1. The first kappa shape index (κ1) is 17.6. The molecule has 0 atom stereocenters. The summed E-state index contributed by atoms with van der Waals surface area (Å²) in [5.41, 5.74) is 7.60. The Hall–Kier alpha value is -3.22. The Morgan fingerprint density at radius 1 is 1.15 bits per heavy atom. The van der Waals surface area contributed by atoms with Gasteiger partial charge in [0.25, 0.3) is 17.4 Å². The molecule has 0 fully saturated rings. The minimum Gasteiger partial charge on any atom is -0.365 e. The minimum atomic E-state index is -0.843. The maximum atomic E-state index is 12.8. The lowest BCUT2D eigenvalue weighted by Gasteiger charge is -2.17. The van der Waals surface area contributed by atoms with E-state index in [1.165, 1.54) is 11.6 Å². The summed E-state index contributed by atoms with van der Waals surface area (Å²) in [6.07, 6.45) is 0.916. The molecule has 1 aliphatic carbocycles. The van der Waals surface area contributed by atoms with Gasteiger partial charge in [0, 0.05) is 30.3 Å². The van der Waals surface area contributed by atoms with Crippen LogP contribution in [-0.4, -0.2) is 22.2 Å². The van der Waals surface area contributed by atoms with Crippen LogP contribution in [0.2, 0.25) is 0 Å². The Kier molecular flexibility index (Phi) is 4.23. The second-order valence-electron chi connectivity index (χ2n) is 6.40. The number of Topliss-reactive ketones (excluding diaryl/α,β-unsaturated/α-hetero) is 1. The molecule has 1 aromatic carbocycles. The number of nitrogens with zero attached hydrogens (tertiary/aromatic N) is 1. The molecule has 1 aliphatic rings. The van der Waals surface area contributed by atoms with Crippen LogP contribution < -0.4 is 16.6 Å². The second-order valence-corrected chi connectivity index (χ2v) is 6.40. The van der Waals surface area contributed by atoms with E-state index in [0.717, 1.165) is 5.56 Å². The van der Waals surface area contributed by atoms with Crippen molar-refractivity contribution in [2.75, 3.05) is 5.32 Å². The molecule has 0 saturated carbocycles. The van der Waals surface area contributed by atoms with Gasteiger partial charge in [-0.05, 0) is 37.5 Å². The fraction of sp³-hybridized carbons (Fsp3) is 0.263. The Balaban J connectivity index is 2.09. The molecule has 7 heteroatoms. The summed E-state index contributed by atoms with van der Waals surface area (Å²) in [5.74, 6) is -1.21. The van der Waals surface area contributed by atoms with Crippen molar-refractivity contribution in [3.05, 3.63) is 62.1 Å². The molecule has 2 aromatic rings. The molecule has 2 amide bonds. The lowest BCUT2D eigenvalue weighted by Crippen LogP contribution is -2.32. The molecule has 0 saturated heterocycles. The molecular weight excluding hydrogens is 334 g/mol. The maximum Gasteiger partial charge on any atom is 0.263 e. The highest BCUT2D eigenvalue weighted by Gasteiger charge is 2.26. The zero-order valence-electron chi connectivity index (χ0n) is 14.8. The van der Waals surface area contributed by atoms with E-state index in [0.29, 0.717) is 40.9 Å². The second kappa shape index (κ2) is 6.25. The molecule has 26 heavy (non-hydrogen) atoms. The standard InChI is InChI=1S/C19H19N3O4/c1-9-15(17(20)24)19(26)22(3)10(2)16(9)21-18(25)13-6-4-5-12-11(13)7-8-14(12)23/h4-6H,7-8H2,1-3H3,(H2,20,24)(H,21,25). The van der Waals surface area contributed by atoms with E-state index in [1.54, 1.807) is 32.0 Å². The van der Waals surface area contributed by atoms with Gasteiger partial charge in [-0.25, -0.2) is 0 Å². The van der Waals surface area contributed by atoms with Crippen molar-refractivity contribution in [1.29, 1.82) is 0 Å². The number of hydrogen-bond donors (Lipinski definition) is 2. The number of fused-ring (bicyclic) bond motifs is 1. The Bertz CT molecular complexity index is 1030. The number of benzene rings is 1. The van der Waals surface area contributed by atoms with E-state index in [2.05, 4.69) is 5.32 Å². The van der Waals surface area contributed by atoms with Gasteiger partial charge in [-0.2, -0.15) is 0 Å². The molecule has 3 N–H and O–H groups in total. The van der Waals surface area contributed by atoms with Gasteiger partial charge in [0.15, 0.2) is 5.78 Å². The highest BCUT2D eigenvalue weighted by Crippen LogP contribution is 2.27. The number of rotatable bonds is 3. The summed E-state index contributed by atoms with van der Waals surface area (Å²) < 4.78 is 1.28. The zero-order valence-corrected chi connectivity index (χ0v) is 14.8. The van der Waals surface area contributed by atoms with Crippen LogP contribution in [0, 0.1) is 13.8 Å². The highest BCUT2D eigenvalue weighted by molar-refractivity contribution is 6.10. The molecule has 134 valence electrons. The summed E-state index contributed by atoms with van der Waals surface area (Å²) in [5, 5.41) is 2.78. The quantitative estimate of drug-likeness (QED) is 0.870. The molecule has 0 aliphatic heterocycles. The summed E-state index contributed by atoms with van der Waals surface area (Å²) in [4.78, 5) is 48.6. The number of hydrogen-bond acceptors (Lipinski definition) is 4. The molecule has 0 bridgehead atoms. The van der Waals surface area contributed by atoms with Gasteiger partial charge in [0.05, 0.1) is 5.69 Å². The number of amides is 2. The highest BCUT2D eigenvalue weighted by atomic mass is 16.2. The van der Waals surface area contributed by atoms with Gasteiger partial charge in [0.2, 0.25) is 0 Å². The third kappa shape index (κ3) is 2.61. The monoisotopic (exact) mass is 353 g/mol. The van der Waals surface area contributed by atoms with Gasteiger partial charge in [0.1, 0.15) is 5.56 Å². The number of carbonyl (C=O) groups excluding carboxylic acids is 3. The average Bonchev–Trinajstić information content (AvgIpc) is 2.98. The summed E-state index contributed by atoms with van der Waals surface area (Å²) in [7, 11) is 1.51. The van der Waals surface area contributed by atoms with Gasteiger partial charge in [-0.3, -0.25) is 19.2 Å². The van der Waals surface area contributed by atoms with Crippen LogP contribution in [0.1, 0.15) is 54.3 Å². The van der Waals surface area contributed by atoms with Crippen molar-refractivity contribution in [3.63, 3.8) is 0 Å². The summed E-state index contributed by atoms with van der Waals surface area (Å²) >= 11 is 0. The van der Waals surface area contributed by atoms with Crippen LogP contribution in [0.4, 0.5) is 5.69 Å². The molecule has 1 heterocycles. The van der Waals surface area contributed by atoms with Crippen LogP contribution in [0.15, 0.2) is 23.0 Å². The zero-order chi connectivity index (χ0) is 19.2. The number of ketones is 1. The first-order valence-corrected chi connectivity index (χ1v) is 8.20. The van der Waals surface area contributed by atoms with Crippen molar-refractivity contribution in [2.24, 2.45) is 12.8 Å². The smallest absolute Gasteiger partial charge is 0.263 e. The lowest BCUT2D eigenvalue weighted by molar-refractivity contribution is 0.0987. The SMILES string of the molecule is Cc1c(NC(=O)c2cccc3c2CCC3=O)c(C)n(C)c(=O)c1C(N)=O. The predicted molar refractivity (Wildman–Crippen MR) is 96.7 cm³/mol.